The number of hydrogen-bond donors (Lipinski definition) is 2. The minimum atomic E-state index is -0.269. The van der Waals surface area contributed by atoms with Gasteiger partial charge in [-0.3, -0.25) is 4.68 Å². The molecule has 1 heterocycles. The van der Waals surface area contributed by atoms with Crippen LogP contribution in [0.4, 0.5) is 16.2 Å². The first-order valence-corrected chi connectivity index (χ1v) is 10.0. The van der Waals surface area contributed by atoms with Crippen molar-refractivity contribution in [3.05, 3.63) is 71.0 Å². The van der Waals surface area contributed by atoms with Gasteiger partial charge < -0.3 is 10.6 Å². The number of carbonyl (C=O) groups is 1. The predicted molar refractivity (Wildman–Crippen MR) is 113 cm³/mol. The van der Waals surface area contributed by atoms with E-state index in [1.807, 2.05) is 49.1 Å². The molecule has 0 radical (unpaired) electrons. The number of aromatic nitrogens is 2. The second-order valence-electron chi connectivity index (χ2n) is 6.50. The highest BCUT2D eigenvalue weighted by atomic mass is 32.2. The Morgan fingerprint density at radius 1 is 1.07 bits per heavy atom. The second kappa shape index (κ2) is 8.31. The molecule has 0 fully saturated rings. The Hall–Kier alpha value is -2.73. The summed E-state index contributed by atoms with van der Waals surface area (Å²) in [5.41, 5.74) is 5.66. The van der Waals surface area contributed by atoms with Gasteiger partial charge >= 0.3 is 6.03 Å². The lowest BCUT2D eigenvalue weighted by atomic mass is 10.1. The van der Waals surface area contributed by atoms with E-state index < -0.39 is 0 Å². The molecule has 0 spiro atoms. The number of nitrogens with zero attached hydrogens (tertiary/aromatic N) is 2. The largest absolute Gasteiger partial charge is 0.323 e. The first-order chi connectivity index (χ1) is 13.0. The number of nitrogens with one attached hydrogen (secondary N) is 2. The summed E-state index contributed by atoms with van der Waals surface area (Å²) in [6.07, 6.45) is 2.01. The summed E-state index contributed by atoms with van der Waals surface area (Å²) < 4.78 is 1.92. The Morgan fingerprint density at radius 2 is 1.81 bits per heavy atom. The quantitative estimate of drug-likeness (QED) is 0.597. The number of anilines is 2. The minimum absolute atomic E-state index is 0.269. The molecule has 2 amide bonds. The summed E-state index contributed by atoms with van der Waals surface area (Å²) in [5.74, 6) is 0. The fourth-order valence-electron chi connectivity index (χ4n) is 2.87. The van der Waals surface area contributed by atoms with E-state index in [2.05, 4.69) is 46.9 Å². The van der Waals surface area contributed by atoms with Gasteiger partial charge in [0, 0.05) is 10.6 Å². The monoisotopic (exact) mass is 380 g/mol. The number of carbonyl (C=O) groups excluding carboxylic acids is 1. The summed E-state index contributed by atoms with van der Waals surface area (Å²) in [7, 11) is 0. The van der Waals surface area contributed by atoms with Gasteiger partial charge in [-0.2, -0.15) is 5.10 Å². The molecule has 0 bridgehead atoms. The molecule has 2 N–H and O–H groups in total. The van der Waals surface area contributed by atoms with Crippen molar-refractivity contribution in [2.24, 2.45) is 0 Å². The number of rotatable bonds is 5. The van der Waals surface area contributed by atoms with Crippen LogP contribution in [0.3, 0.4) is 0 Å². The summed E-state index contributed by atoms with van der Waals surface area (Å²) in [5, 5.41) is 10.4. The number of hydrogen-bond acceptors (Lipinski definition) is 3. The first kappa shape index (κ1) is 19.0. The van der Waals surface area contributed by atoms with Crippen LogP contribution in [0, 0.1) is 20.8 Å². The molecule has 0 aliphatic heterocycles. The van der Waals surface area contributed by atoms with Crippen LogP contribution >= 0.6 is 11.8 Å². The molecule has 0 saturated heterocycles. The zero-order chi connectivity index (χ0) is 19.4. The van der Waals surface area contributed by atoms with Crippen molar-refractivity contribution in [1.29, 1.82) is 0 Å². The molecule has 3 rings (SSSR count). The Balaban J connectivity index is 1.72. The molecule has 0 atom stereocenters. The SMILES string of the molecule is CSc1cccc(NC(=O)Nc2c(C)nn(Cc3ccc(C)cc3)c2C)c1. The molecule has 0 unspecified atom stereocenters. The summed E-state index contributed by atoms with van der Waals surface area (Å²) in [6, 6.07) is 15.9. The average Bonchev–Trinajstić information content (AvgIpc) is 2.91. The van der Waals surface area contributed by atoms with Gasteiger partial charge in [0.1, 0.15) is 0 Å². The fourth-order valence-corrected chi connectivity index (χ4v) is 3.33. The Morgan fingerprint density at radius 3 is 2.52 bits per heavy atom. The highest BCUT2D eigenvalue weighted by molar-refractivity contribution is 7.98. The minimum Gasteiger partial charge on any atom is -0.308 e. The highest BCUT2D eigenvalue weighted by Gasteiger charge is 2.14. The van der Waals surface area contributed by atoms with Gasteiger partial charge in [0.15, 0.2) is 0 Å². The van der Waals surface area contributed by atoms with Crippen LogP contribution in [0.1, 0.15) is 22.5 Å². The third-order valence-electron chi connectivity index (χ3n) is 4.40. The van der Waals surface area contributed by atoms with E-state index in [4.69, 9.17) is 0 Å². The molecule has 1 aromatic heterocycles. The molecule has 0 saturated carbocycles. The Kier molecular flexibility index (Phi) is 5.86. The lowest BCUT2D eigenvalue weighted by Gasteiger charge is -2.09. The van der Waals surface area contributed by atoms with Gasteiger partial charge in [0.25, 0.3) is 0 Å². The van der Waals surface area contributed by atoms with E-state index in [1.54, 1.807) is 11.8 Å². The van der Waals surface area contributed by atoms with Crippen molar-refractivity contribution in [2.75, 3.05) is 16.9 Å². The van der Waals surface area contributed by atoms with Crippen LogP contribution in [0.25, 0.3) is 0 Å². The van der Waals surface area contributed by atoms with E-state index >= 15 is 0 Å². The van der Waals surface area contributed by atoms with Crippen LogP contribution in [0.2, 0.25) is 0 Å². The average molecular weight is 381 g/mol. The van der Waals surface area contributed by atoms with Crippen molar-refractivity contribution in [3.8, 4) is 0 Å². The van der Waals surface area contributed by atoms with E-state index in [-0.39, 0.29) is 6.03 Å². The van der Waals surface area contributed by atoms with Crippen LogP contribution in [0.15, 0.2) is 53.4 Å². The molecule has 27 heavy (non-hydrogen) atoms. The molecular formula is C21H24N4OS. The van der Waals surface area contributed by atoms with Crippen LogP contribution in [-0.4, -0.2) is 22.1 Å². The summed E-state index contributed by atoms with van der Waals surface area (Å²) in [6.45, 7) is 6.62. The van der Waals surface area contributed by atoms with E-state index in [1.165, 1.54) is 11.1 Å². The fraction of sp³-hybridized carbons (Fsp3) is 0.238. The number of amides is 2. The van der Waals surface area contributed by atoms with Crippen molar-refractivity contribution in [3.63, 3.8) is 0 Å². The van der Waals surface area contributed by atoms with Crippen molar-refractivity contribution >= 4 is 29.2 Å². The van der Waals surface area contributed by atoms with Crippen LogP contribution in [0.5, 0.6) is 0 Å². The van der Waals surface area contributed by atoms with Gasteiger partial charge in [-0.1, -0.05) is 35.9 Å². The maximum atomic E-state index is 12.4. The predicted octanol–water partition coefficient (Wildman–Crippen LogP) is 5.22. The van der Waals surface area contributed by atoms with Gasteiger partial charge in [-0.25, -0.2) is 4.79 Å². The van der Waals surface area contributed by atoms with Crippen molar-refractivity contribution < 1.29 is 4.79 Å². The topological polar surface area (TPSA) is 59.0 Å². The third kappa shape index (κ3) is 4.71. The Bertz CT molecular complexity index is 947. The lowest BCUT2D eigenvalue weighted by Crippen LogP contribution is -2.20. The molecule has 140 valence electrons. The standard InChI is InChI=1S/C21H24N4OS/c1-14-8-10-17(11-9-14)13-25-16(3)20(15(2)24-25)23-21(26)22-18-6-5-7-19(12-18)27-4/h5-12H,13H2,1-4H3,(H2,22,23,26). The van der Waals surface area contributed by atoms with Gasteiger partial charge in [0.05, 0.1) is 23.6 Å². The molecule has 6 heteroatoms. The highest BCUT2D eigenvalue weighted by Crippen LogP contribution is 2.22. The molecule has 0 aliphatic carbocycles. The van der Waals surface area contributed by atoms with Gasteiger partial charge in [0.2, 0.25) is 0 Å². The van der Waals surface area contributed by atoms with Crippen LogP contribution in [-0.2, 0) is 6.54 Å². The summed E-state index contributed by atoms with van der Waals surface area (Å²) >= 11 is 1.64. The van der Waals surface area contributed by atoms with E-state index in [0.717, 1.165) is 27.7 Å². The first-order valence-electron chi connectivity index (χ1n) is 8.78. The zero-order valence-electron chi connectivity index (χ0n) is 16.0. The van der Waals surface area contributed by atoms with Crippen LogP contribution < -0.4 is 10.6 Å². The number of urea groups is 1. The normalized spacial score (nSPS) is 10.7. The Labute approximate surface area is 164 Å². The van der Waals surface area contributed by atoms with Crippen molar-refractivity contribution in [1.82, 2.24) is 9.78 Å². The lowest BCUT2D eigenvalue weighted by molar-refractivity contribution is 0.262. The molecule has 3 aromatic rings. The number of thioether (sulfide) groups is 1. The zero-order valence-corrected chi connectivity index (χ0v) is 16.9. The summed E-state index contributed by atoms with van der Waals surface area (Å²) in [4.78, 5) is 13.5. The number of aryl methyl sites for hydroxylation is 2. The van der Waals surface area contributed by atoms with E-state index in [9.17, 15) is 4.79 Å². The second-order valence-corrected chi connectivity index (χ2v) is 7.38. The maximum absolute atomic E-state index is 12.4. The molecule has 2 aromatic carbocycles. The van der Waals surface area contributed by atoms with E-state index in [0.29, 0.717) is 6.54 Å². The molecule has 5 nitrogen and oxygen atoms in total. The smallest absolute Gasteiger partial charge is 0.308 e. The van der Waals surface area contributed by atoms with Gasteiger partial charge in [-0.05, 0) is 50.8 Å². The maximum Gasteiger partial charge on any atom is 0.323 e. The molecular weight excluding hydrogens is 356 g/mol. The van der Waals surface area contributed by atoms with Gasteiger partial charge in [-0.15, -0.1) is 11.8 Å². The third-order valence-corrected chi connectivity index (χ3v) is 5.13. The number of benzene rings is 2. The van der Waals surface area contributed by atoms with Crippen molar-refractivity contribution in [2.45, 2.75) is 32.2 Å². The molecule has 0 aliphatic rings.